The lowest BCUT2D eigenvalue weighted by Crippen LogP contribution is -2.39. The minimum absolute atomic E-state index is 0.153. The van der Waals surface area contributed by atoms with Crippen molar-refractivity contribution in [2.45, 2.75) is 6.92 Å². The average molecular weight is 529 g/mol. The van der Waals surface area contributed by atoms with E-state index in [9.17, 15) is 18.0 Å². The van der Waals surface area contributed by atoms with E-state index in [1.165, 1.54) is 18.3 Å². The molecular weight excluding hydrogens is 504 g/mol. The van der Waals surface area contributed by atoms with Gasteiger partial charge in [0, 0.05) is 5.69 Å². The predicted octanol–water partition coefficient (Wildman–Crippen LogP) is 3.58. The first-order chi connectivity index (χ1) is 17.1. The van der Waals surface area contributed by atoms with E-state index in [4.69, 9.17) is 16.3 Å². The number of rotatable bonds is 10. The summed E-state index contributed by atoms with van der Waals surface area (Å²) < 4.78 is 30.7. The predicted molar refractivity (Wildman–Crippen MR) is 141 cm³/mol. The van der Waals surface area contributed by atoms with E-state index in [-0.39, 0.29) is 23.2 Å². The summed E-state index contributed by atoms with van der Waals surface area (Å²) >= 11 is 6.09. The SMILES string of the molecule is Cc1ccc(NC(=O)COc2ccc(/C=N\NC(=O)CN(c3ccccc3Cl)S(C)(=O)=O)cc2)cc1. The number of carbonyl (C=O) groups excluding carboxylic acids is 2. The molecule has 0 saturated carbocycles. The maximum absolute atomic E-state index is 12.3. The second-order valence-corrected chi connectivity index (χ2v) is 10.1. The van der Waals surface area contributed by atoms with Gasteiger partial charge >= 0.3 is 0 Å². The molecule has 3 aromatic rings. The zero-order valence-corrected chi connectivity index (χ0v) is 21.2. The molecule has 36 heavy (non-hydrogen) atoms. The van der Waals surface area contributed by atoms with Crippen molar-refractivity contribution in [1.82, 2.24) is 5.43 Å². The molecule has 0 aromatic heterocycles. The molecule has 0 saturated heterocycles. The fourth-order valence-electron chi connectivity index (χ4n) is 3.01. The molecule has 0 aliphatic carbocycles. The highest BCUT2D eigenvalue weighted by Crippen LogP contribution is 2.26. The Bertz CT molecular complexity index is 1340. The molecule has 0 spiro atoms. The third-order valence-electron chi connectivity index (χ3n) is 4.80. The summed E-state index contributed by atoms with van der Waals surface area (Å²) in [6.07, 6.45) is 2.38. The van der Waals surface area contributed by atoms with E-state index in [1.54, 1.807) is 36.4 Å². The topological polar surface area (TPSA) is 117 Å². The fraction of sp³-hybridized carbons (Fsp3) is 0.160. The lowest BCUT2D eigenvalue weighted by Gasteiger charge is -2.22. The number of hydrazone groups is 1. The van der Waals surface area contributed by atoms with Crippen LogP contribution in [0, 0.1) is 6.92 Å². The van der Waals surface area contributed by atoms with E-state index < -0.39 is 22.5 Å². The average Bonchev–Trinajstić information content (AvgIpc) is 2.83. The molecule has 0 unspecified atom stereocenters. The number of nitrogens with zero attached hydrogens (tertiary/aromatic N) is 2. The van der Waals surface area contributed by atoms with Crippen molar-refractivity contribution in [2.75, 3.05) is 29.0 Å². The Kier molecular flexibility index (Phi) is 9.04. The normalized spacial score (nSPS) is 11.2. The molecule has 0 heterocycles. The number of halogens is 1. The number of aryl methyl sites for hydroxylation is 1. The zero-order valence-electron chi connectivity index (χ0n) is 19.6. The first-order valence-corrected chi connectivity index (χ1v) is 13.0. The van der Waals surface area contributed by atoms with Gasteiger partial charge in [-0.1, -0.05) is 41.4 Å². The number of para-hydroxylation sites is 1. The van der Waals surface area contributed by atoms with Gasteiger partial charge in [0.2, 0.25) is 10.0 Å². The number of hydrogen-bond donors (Lipinski definition) is 2. The van der Waals surface area contributed by atoms with E-state index in [0.29, 0.717) is 17.0 Å². The Morgan fingerprint density at radius 3 is 2.31 bits per heavy atom. The number of carbonyl (C=O) groups is 2. The lowest BCUT2D eigenvalue weighted by atomic mass is 10.2. The number of nitrogens with one attached hydrogen (secondary N) is 2. The van der Waals surface area contributed by atoms with E-state index in [2.05, 4.69) is 15.8 Å². The van der Waals surface area contributed by atoms with E-state index >= 15 is 0 Å². The molecule has 11 heteroatoms. The molecule has 0 bridgehead atoms. The molecule has 3 aromatic carbocycles. The van der Waals surface area contributed by atoms with Crippen LogP contribution in [0.5, 0.6) is 5.75 Å². The first kappa shape index (κ1) is 26.7. The van der Waals surface area contributed by atoms with Crippen LogP contribution in [0.2, 0.25) is 5.02 Å². The molecular formula is C25H25ClN4O5S. The Balaban J connectivity index is 1.50. The minimum Gasteiger partial charge on any atom is -0.484 e. The largest absolute Gasteiger partial charge is 0.484 e. The maximum Gasteiger partial charge on any atom is 0.262 e. The molecule has 188 valence electrons. The fourth-order valence-corrected chi connectivity index (χ4v) is 4.17. The van der Waals surface area contributed by atoms with Gasteiger partial charge in [-0.15, -0.1) is 0 Å². The maximum atomic E-state index is 12.3. The summed E-state index contributed by atoms with van der Waals surface area (Å²) in [4.78, 5) is 24.3. The summed E-state index contributed by atoms with van der Waals surface area (Å²) in [5, 5.41) is 6.82. The van der Waals surface area contributed by atoms with Crippen LogP contribution in [0.1, 0.15) is 11.1 Å². The van der Waals surface area contributed by atoms with Crippen molar-refractivity contribution in [3.63, 3.8) is 0 Å². The number of hydrogen-bond acceptors (Lipinski definition) is 6. The van der Waals surface area contributed by atoms with Crippen LogP contribution in [0.15, 0.2) is 77.9 Å². The highest BCUT2D eigenvalue weighted by molar-refractivity contribution is 7.92. The highest BCUT2D eigenvalue weighted by Gasteiger charge is 2.22. The molecule has 9 nitrogen and oxygen atoms in total. The van der Waals surface area contributed by atoms with Gasteiger partial charge in [-0.2, -0.15) is 5.10 Å². The first-order valence-electron chi connectivity index (χ1n) is 10.8. The van der Waals surface area contributed by atoms with Gasteiger partial charge in [0.05, 0.1) is 23.2 Å². The summed E-state index contributed by atoms with van der Waals surface area (Å²) in [5.74, 6) is -0.443. The van der Waals surface area contributed by atoms with Crippen LogP contribution < -0.4 is 19.8 Å². The number of anilines is 2. The van der Waals surface area contributed by atoms with Crippen molar-refractivity contribution in [2.24, 2.45) is 5.10 Å². The van der Waals surface area contributed by atoms with Crippen molar-refractivity contribution in [3.8, 4) is 5.75 Å². The van der Waals surface area contributed by atoms with Crippen LogP contribution in [-0.2, 0) is 19.6 Å². The summed E-state index contributed by atoms with van der Waals surface area (Å²) in [6.45, 7) is 1.32. The van der Waals surface area contributed by atoms with Gasteiger partial charge in [-0.25, -0.2) is 13.8 Å². The molecule has 0 aliphatic heterocycles. The number of ether oxygens (including phenoxy) is 1. The zero-order chi connectivity index (χ0) is 26.1. The van der Waals surface area contributed by atoms with Gasteiger partial charge < -0.3 is 10.1 Å². The molecule has 0 atom stereocenters. The second-order valence-electron chi connectivity index (χ2n) is 7.79. The van der Waals surface area contributed by atoms with E-state index in [1.807, 2.05) is 31.2 Å². The summed E-state index contributed by atoms with van der Waals surface area (Å²) in [5.41, 5.74) is 4.94. The van der Waals surface area contributed by atoms with Crippen molar-refractivity contribution < 1.29 is 22.7 Å². The van der Waals surface area contributed by atoms with Gasteiger partial charge in [0.1, 0.15) is 12.3 Å². The quantitative estimate of drug-likeness (QED) is 0.308. The molecule has 0 aliphatic rings. The summed E-state index contributed by atoms with van der Waals surface area (Å²) in [6, 6.07) is 20.5. The number of amides is 2. The monoisotopic (exact) mass is 528 g/mol. The van der Waals surface area contributed by atoms with E-state index in [0.717, 1.165) is 16.1 Å². The molecule has 0 radical (unpaired) electrons. The molecule has 2 amide bonds. The van der Waals surface area contributed by atoms with Crippen LogP contribution in [0.4, 0.5) is 11.4 Å². The molecule has 0 fully saturated rings. The van der Waals surface area contributed by atoms with Crippen LogP contribution >= 0.6 is 11.6 Å². The summed E-state index contributed by atoms with van der Waals surface area (Å²) in [7, 11) is -3.75. The third-order valence-corrected chi connectivity index (χ3v) is 6.24. The minimum atomic E-state index is -3.75. The third kappa shape index (κ3) is 8.10. The van der Waals surface area contributed by atoms with Gasteiger partial charge in [-0.05, 0) is 61.0 Å². The lowest BCUT2D eigenvalue weighted by molar-refractivity contribution is -0.119. The molecule has 2 N–H and O–H groups in total. The smallest absolute Gasteiger partial charge is 0.262 e. The van der Waals surface area contributed by atoms with Crippen molar-refractivity contribution in [3.05, 3.63) is 88.9 Å². The Hall–Kier alpha value is -3.89. The number of benzene rings is 3. The van der Waals surface area contributed by atoms with Crippen LogP contribution in [-0.4, -0.2) is 45.9 Å². The Morgan fingerprint density at radius 1 is 1.00 bits per heavy atom. The Labute approximate surface area is 214 Å². The van der Waals surface area contributed by atoms with Crippen molar-refractivity contribution >= 4 is 51.0 Å². The van der Waals surface area contributed by atoms with Gasteiger partial charge in [0.15, 0.2) is 6.61 Å². The highest BCUT2D eigenvalue weighted by atomic mass is 35.5. The van der Waals surface area contributed by atoms with Gasteiger partial charge in [-0.3, -0.25) is 13.9 Å². The van der Waals surface area contributed by atoms with Crippen molar-refractivity contribution in [1.29, 1.82) is 0 Å². The second kappa shape index (κ2) is 12.2. The van der Waals surface area contributed by atoms with Crippen LogP contribution in [0.25, 0.3) is 0 Å². The Morgan fingerprint density at radius 2 is 1.67 bits per heavy atom. The van der Waals surface area contributed by atoms with Gasteiger partial charge in [0.25, 0.3) is 11.8 Å². The number of sulfonamides is 1. The molecule has 3 rings (SSSR count). The van der Waals surface area contributed by atoms with Crippen LogP contribution in [0.3, 0.4) is 0 Å². The standard InChI is InChI=1S/C25H25ClN4O5S/c1-18-7-11-20(12-8-18)28-25(32)17-35-21-13-9-19(10-14-21)15-27-29-24(31)16-30(36(2,33)34)23-6-4-3-5-22(23)26/h3-15H,16-17H2,1-2H3,(H,28,32)(H,29,31)/b27-15-.